The van der Waals surface area contributed by atoms with Gasteiger partial charge in [-0.15, -0.1) is 5.10 Å². The van der Waals surface area contributed by atoms with Gasteiger partial charge in [0.05, 0.1) is 6.20 Å². The van der Waals surface area contributed by atoms with Crippen LogP contribution in [0.2, 0.25) is 0 Å². The molecule has 2 rings (SSSR count). The van der Waals surface area contributed by atoms with E-state index in [-0.39, 0.29) is 0 Å². The van der Waals surface area contributed by atoms with Crippen LogP contribution in [0.25, 0.3) is 0 Å². The molecule has 1 aliphatic heterocycles. The molecule has 5 nitrogen and oxygen atoms in total. The molecule has 0 amide bonds. The minimum absolute atomic E-state index is 0.525. The van der Waals surface area contributed by atoms with Gasteiger partial charge < -0.3 is 15.5 Å². The third-order valence-electron chi connectivity index (χ3n) is 3.02. The van der Waals surface area contributed by atoms with Gasteiger partial charge in [-0.25, -0.2) is 0 Å². The second-order valence-electron chi connectivity index (χ2n) is 4.23. The van der Waals surface area contributed by atoms with Crippen LogP contribution in [0.3, 0.4) is 0 Å². The number of nitrogens with zero attached hydrogens (tertiary/aromatic N) is 4. The molecule has 2 N–H and O–H groups in total. The van der Waals surface area contributed by atoms with Crippen molar-refractivity contribution in [2.24, 2.45) is 5.73 Å². The average molecular weight is 221 g/mol. The molecule has 2 heterocycles. The van der Waals surface area contributed by atoms with Crippen molar-refractivity contribution in [2.45, 2.75) is 13.0 Å². The Bertz CT molecular complexity index is 341. The van der Waals surface area contributed by atoms with Gasteiger partial charge in [-0.1, -0.05) is 0 Å². The van der Waals surface area contributed by atoms with Crippen LogP contribution in [-0.4, -0.2) is 48.3 Å². The zero-order chi connectivity index (χ0) is 11.4. The van der Waals surface area contributed by atoms with Crippen LogP contribution in [0, 0.1) is 0 Å². The molecule has 5 heteroatoms. The maximum Gasteiger partial charge on any atom is 0.155 e. The van der Waals surface area contributed by atoms with Crippen molar-refractivity contribution >= 4 is 5.82 Å². The van der Waals surface area contributed by atoms with Crippen molar-refractivity contribution in [3.05, 3.63) is 17.8 Å². The summed E-state index contributed by atoms with van der Waals surface area (Å²) in [5.74, 6) is 0.959. The topological polar surface area (TPSA) is 58.3 Å². The lowest BCUT2D eigenvalue weighted by Gasteiger charge is -2.22. The van der Waals surface area contributed by atoms with Crippen LogP contribution < -0.4 is 10.6 Å². The maximum atomic E-state index is 5.72. The van der Waals surface area contributed by atoms with Crippen LogP contribution in [0.4, 0.5) is 5.82 Å². The summed E-state index contributed by atoms with van der Waals surface area (Å²) in [5, 5.41) is 8.17. The quantitative estimate of drug-likeness (QED) is 0.766. The fraction of sp³-hybridized carbons (Fsp3) is 0.636. The van der Waals surface area contributed by atoms with Gasteiger partial charge in [-0.05, 0) is 26.1 Å². The lowest BCUT2D eigenvalue weighted by atomic mass is 10.2. The van der Waals surface area contributed by atoms with Crippen LogP contribution in [0.1, 0.15) is 12.0 Å². The fourth-order valence-corrected chi connectivity index (χ4v) is 2.03. The molecule has 0 aliphatic carbocycles. The number of hydrogen-bond acceptors (Lipinski definition) is 5. The summed E-state index contributed by atoms with van der Waals surface area (Å²) in [7, 11) is 2.16. The normalized spacial score (nSPS) is 18.5. The highest BCUT2D eigenvalue weighted by Crippen LogP contribution is 2.17. The lowest BCUT2D eigenvalue weighted by Crippen LogP contribution is -2.30. The van der Waals surface area contributed by atoms with Gasteiger partial charge >= 0.3 is 0 Å². The molecule has 0 saturated carbocycles. The molecule has 1 fully saturated rings. The molecule has 0 bridgehead atoms. The van der Waals surface area contributed by atoms with Crippen molar-refractivity contribution in [3.8, 4) is 0 Å². The molecule has 0 radical (unpaired) electrons. The average Bonchev–Trinajstić information content (AvgIpc) is 2.54. The molecule has 0 unspecified atom stereocenters. The predicted molar refractivity (Wildman–Crippen MR) is 64.3 cm³/mol. The predicted octanol–water partition coefficient (Wildman–Crippen LogP) is 0.0772. The van der Waals surface area contributed by atoms with Crippen molar-refractivity contribution in [1.82, 2.24) is 15.1 Å². The summed E-state index contributed by atoms with van der Waals surface area (Å²) in [5.41, 5.74) is 6.80. The lowest BCUT2D eigenvalue weighted by molar-refractivity contribution is 0.360. The Morgan fingerprint density at radius 1 is 1.31 bits per heavy atom. The van der Waals surface area contributed by atoms with Gasteiger partial charge in [-0.2, -0.15) is 5.10 Å². The first-order valence-corrected chi connectivity index (χ1v) is 5.75. The Kier molecular flexibility index (Phi) is 3.69. The van der Waals surface area contributed by atoms with E-state index in [0.29, 0.717) is 6.54 Å². The first kappa shape index (κ1) is 11.3. The Balaban J connectivity index is 2.16. The van der Waals surface area contributed by atoms with E-state index in [2.05, 4.69) is 27.0 Å². The highest BCUT2D eigenvalue weighted by molar-refractivity contribution is 5.45. The molecule has 16 heavy (non-hydrogen) atoms. The first-order valence-electron chi connectivity index (χ1n) is 5.75. The Hall–Kier alpha value is -1.20. The van der Waals surface area contributed by atoms with E-state index >= 15 is 0 Å². The van der Waals surface area contributed by atoms with Gasteiger partial charge in [0.2, 0.25) is 0 Å². The van der Waals surface area contributed by atoms with E-state index < -0.39 is 0 Å². The summed E-state index contributed by atoms with van der Waals surface area (Å²) in [6.07, 6.45) is 2.87. The standard InChI is InChI=1S/C11H19N5/c1-15-5-2-6-16(8-7-15)11-10(9-12)3-4-13-14-11/h3-4H,2,5-9,12H2,1H3. The minimum Gasteiger partial charge on any atom is -0.354 e. The van der Waals surface area contributed by atoms with E-state index in [0.717, 1.165) is 44.0 Å². The van der Waals surface area contributed by atoms with Gasteiger partial charge in [-0.3, -0.25) is 0 Å². The van der Waals surface area contributed by atoms with Crippen LogP contribution in [-0.2, 0) is 6.54 Å². The fourth-order valence-electron chi connectivity index (χ4n) is 2.03. The first-order chi connectivity index (χ1) is 7.81. The van der Waals surface area contributed by atoms with E-state index in [9.17, 15) is 0 Å². The maximum absolute atomic E-state index is 5.72. The number of rotatable bonds is 2. The zero-order valence-corrected chi connectivity index (χ0v) is 9.76. The molecule has 0 aromatic carbocycles. The van der Waals surface area contributed by atoms with E-state index in [1.807, 2.05) is 6.07 Å². The summed E-state index contributed by atoms with van der Waals surface area (Å²) in [4.78, 5) is 4.64. The van der Waals surface area contributed by atoms with Gasteiger partial charge in [0, 0.05) is 31.7 Å². The largest absolute Gasteiger partial charge is 0.354 e. The van der Waals surface area contributed by atoms with E-state index in [1.54, 1.807) is 6.20 Å². The number of hydrogen-bond donors (Lipinski definition) is 1. The molecule has 1 aliphatic rings. The molecular weight excluding hydrogens is 202 g/mol. The SMILES string of the molecule is CN1CCCN(c2nnccc2CN)CC1. The number of aromatic nitrogens is 2. The second-order valence-corrected chi connectivity index (χ2v) is 4.23. The van der Waals surface area contributed by atoms with Crippen LogP contribution >= 0.6 is 0 Å². The molecule has 1 aromatic rings. The third-order valence-corrected chi connectivity index (χ3v) is 3.02. The molecule has 0 spiro atoms. The Morgan fingerprint density at radius 2 is 2.19 bits per heavy atom. The van der Waals surface area contributed by atoms with Gasteiger partial charge in [0.25, 0.3) is 0 Å². The second kappa shape index (κ2) is 5.23. The molecule has 0 atom stereocenters. The molecular formula is C11H19N5. The van der Waals surface area contributed by atoms with Crippen molar-refractivity contribution in [1.29, 1.82) is 0 Å². The monoisotopic (exact) mass is 221 g/mol. The zero-order valence-electron chi connectivity index (χ0n) is 9.76. The Labute approximate surface area is 96.2 Å². The van der Waals surface area contributed by atoms with E-state index in [1.165, 1.54) is 0 Å². The summed E-state index contributed by atoms with van der Waals surface area (Å²) in [6, 6.07) is 1.96. The molecule has 88 valence electrons. The molecule has 1 aromatic heterocycles. The van der Waals surface area contributed by atoms with Crippen LogP contribution in [0.15, 0.2) is 12.3 Å². The van der Waals surface area contributed by atoms with Crippen molar-refractivity contribution in [2.75, 3.05) is 38.1 Å². The van der Waals surface area contributed by atoms with Crippen molar-refractivity contribution < 1.29 is 0 Å². The number of likely N-dealkylation sites (N-methyl/N-ethyl adjacent to an activating group) is 1. The highest BCUT2D eigenvalue weighted by atomic mass is 15.3. The van der Waals surface area contributed by atoms with Crippen LogP contribution in [0.5, 0.6) is 0 Å². The minimum atomic E-state index is 0.525. The van der Waals surface area contributed by atoms with Gasteiger partial charge in [0.1, 0.15) is 0 Å². The van der Waals surface area contributed by atoms with Gasteiger partial charge in [0.15, 0.2) is 5.82 Å². The molecule has 1 saturated heterocycles. The third kappa shape index (κ3) is 2.48. The smallest absolute Gasteiger partial charge is 0.155 e. The summed E-state index contributed by atoms with van der Waals surface area (Å²) >= 11 is 0. The van der Waals surface area contributed by atoms with E-state index in [4.69, 9.17) is 5.73 Å². The Morgan fingerprint density at radius 3 is 3.00 bits per heavy atom. The summed E-state index contributed by atoms with van der Waals surface area (Å²) in [6.45, 7) is 4.78. The number of nitrogens with two attached hydrogens (primary N) is 1. The highest BCUT2D eigenvalue weighted by Gasteiger charge is 2.16. The van der Waals surface area contributed by atoms with Crippen molar-refractivity contribution in [3.63, 3.8) is 0 Å². The number of anilines is 1. The summed E-state index contributed by atoms with van der Waals surface area (Å²) < 4.78 is 0.